The van der Waals surface area contributed by atoms with Gasteiger partial charge >= 0.3 is 0 Å². The monoisotopic (exact) mass is 485 g/mol. The van der Waals surface area contributed by atoms with E-state index < -0.39 is 0 Å². The number of aromatic nitrogens is 3. The topological polar surface area (TPSA) is 22.8 Å². The third-order valence-corrected chi connectivity index (χ3v) is 7.57. The van der Waals surface area contributed by atoms with Gasteiger partial charge in [0.1, 0.15) is 5.82 Å². The van der Waals surface area contributed by atoms with Crippen LogP contribution in [-0.2, 0) is 0 Å². The van der Waals surface area contributed by atoms with Gasteiger partial charge in [-0.25, -0.2) is 4.98 Å². The van der Waals surface area contributed by atoms with E-state index in [0.717, 1.165) is 28.1 Å². The maximum atomic E-state index is 5.01. The molecule has 5 aromatic carbocycles. The van der Waals surface area contributed by atoms with E-state index in [0.29, 0.717) is 0 Å². The molecule has 0 aliphatic heterocycles. The predicted octanol–water partition coefficient (Wildman–Crippen LogP) is 8.94. The van der Waals surface area contributed by atoms with Gasteiger partial charge in [-0.3, -0.25) is 4.57 Å². The molecule has 0 aliphatic rings. The zero-order valence-corrected chi connectivity index (χ0v) is 20.6. The molecule has 178 valence electrons. The number of hydrogen-bond donors (Lipinski definition) is 0. The van der Waals surface area contributed by atoms with E-state index in [4.69, 9.17) is 4.98 Å². The molecule has 0 atom stereocenters. The lowest BCUT2D eigenvalue weighted by atomic mass is 10.1. The fourth-order valence-electron chi connectivity index (χ4n) is 5.98. The standard InChI is InChI=1S/C35H23N3/c1-3-12-24(13-4-1)26-18-11-23-36-35(26)38-32-20-10-8-17-28(32)30-22-21-29-27-16-7-9-19-31(27)37(33(29)34(30)38)25-14-5-2-6-15-25/h1-23H. The van der Waals surface area contributed by atoms with Gasteiger partial charge in [-0.2, -0.15) is 0 Å². The fraction of sp³-hybridized carbons (Fsp3) is 0. The Kier molecular flexibility index (Phi) is 4.52. The van der Waals surface area contributed by atoms with Crippen molar-refractivity contribution >= 4 is 43.6 Å². The minimum atomic E-state index is 0.933. The van der Waals surface area contributed by atoms with Gasteiger partial charge in [0, 0.05) is 39.0 Å². The largest absolute Gasteiger partial charge is 0.307 e. The quantitative estimate of drug-likeness (QED) is 0.245. The van der Waals surface area contributed by atoms with Crippen LogP contribution in [0.4, 0.5) is 0 Å². The maximum absolute atomic E-state index is 5.01. The van der Waals surface area contributed by atoms with Gasteiger partial charge in [-0.05, 0) is 42.0 Å². The Morgan fingerprint density at radius 2 is 0.974 bits per heavy atom. The minimum Gasteiger partial charge on any atom is -0.307 e. The zero-order valence-electron chi connectivity index (χ0n) is 20.6. The van der Waals surface area contributed by atoms with Crippen molar-refractivity contribution in [1.82, 2.24) is 14.1 Å². The van der Waals surface area contributed by atoms with Gasteiger partial charge in [0.2, 0.25) is 0 Å². The first kappa shape index (κ1) is 21.0. The number of rotatable bonds is 3. The van der Waals surface area contributed by atoms with Crippen LogP contribution in [0, 0.1) is 0 Å². The van der Waals surface area contributed by atoms with Gasteiger partial charge in [0.25, 0.3) is 0 Å². The molecule has 3 nitrogen and oxygen atoms in total. The molecule has 0 unspecified atom stereocenters. The molecule has 8 rings (SSSR count). The Labute approximate surface area is 219 Å². The highest BCUT2D eigenvalue weighted by Crippen LogP contribution is 2.42. The van der Waals surface area contributed by atoms with Gasteiger partial charge in [0.15, 0.2) is 0 Å². The first-order valence-corrected chi connectivity index (χ1v) is 12.9. The molecule has 0 fully saturated rings. The first-order valence-electron chi connectivity index (χ1n) is 12.9. The van der Waals surface area contributed by atoms with Crippen LogP contribution in [0.2, 0.25) is 0 Å². The third-order valence-electron chi connectivity index (χ3n) is 7.57. The van der Waals surface area contributed by atoms with Crippen LogP contribution >= 0.6 is 0 Å². The van der Waals surface area contributed by atoms with Crippen LogP contribution in [-0.4, -0.2) is 14.1 Å². The lowest BCUT2D eigenvalue weighted by molar-refractivity contribution is 1.08. The zero-order chi connectivity index (χ0) is 25.1. The highest BCUT2D eigenvalue weighted by atomic mass is 15.1. The van der Waals surface area contributed by atoms with E-state index in [2.05, 4.69) is 137 Å². The molecule has 0 amide bonds. The molecule has 0 N–H and O–H groups in total. The Balaban J connectivity index is 1.63. The summed E-state index contributed by atoms with van der Waals surface area (Å²) in [6.07, 6.45) is 1.90. The summed E-state index contributed by atoms with van der Waals surface area (Å²) in [6.45, 7) is 0. The van der Waals surface area contributed by atoms with E-state index in [-0.39, 0.29) is 0 Å². The normalized spacial score (nSPS) is 11.7. The molecule has 0 saturated heterocycles. The van der Waals surface area contributed by atoms with Crippen molar-refractivity contribution in [3.05, 3.63) is 140 Å². The summed E-state index contributed by atoms with van der Waals surface area (Å²) in [7, 11) is 0. The summed E-state index contributed by atoms with van der Waals surface area (Å²) in [5, 5.41) is 4.92. The average Bonchev–Trinajstić information content (AvgIpc) is 3.51. The van der Waals surface area contributed by atoms with E-state index in [1.54, 1.807) is 0 Å². The summed E-state index contributed by atoms with van der Waals surface area (Å²) in [5.74, 6) is 0.933. The molecule has 3 heteroatoms. The second-order valence-electron chi connectivity index (χ2n) is 9.64. The molecule has 0 saturated carbocycles. The summed E-state index contributed by atoms with van der Waals surface area (Å²) in [4.78, 5) is 5.01. The van der Waals surface area contributed by atoms with Crippen LogP contribution in [0.3, 0.4) is 0 Å². The molecule has 0 radical (unpaired) electrons. The van der Waals surface area contributed by atoms with Crippen LogP contribution in [0.15, 0.2) is 140 Å². The SMILES string of the molecule is c1ccc(-c2cccnc2-n2c3ccccc3c3ccc4c5ccccc5n(-c5ccccc5)c4c32)cc1. The Hall–Kier alpha value is -5.15. The predicted molar refractivity (Wildman–Crippen MR) is 158 cm³/mol. The van der Waals surface area contributed by atoms with E-state index in [1.165, 1.54) is 38.1 Å². The van der Waals surface area contributed by atoms with Crippen molar-refractivity contribution in [1.29, 1.82) is 0 Å². The van der Waals surface area contributed by atoms with Crippen molar-refractivity contribution in [2.75, 3.05) is 0 Å². The van der Waals surface area contributed by atoms with Crippen LogP contribution in [0.1, 0.15) is 0 Å². The summed E-state index contributed by atoms with van der Waals surface area (Å²) < 4.78 is 4.78. The highest BCUT2D eigenvalue weighted by Gasteiger charge is 2.22. The molecule has 0 spiro atoms. The number of fused-ring (bicyclic) bond motifs is 7. The maximum Gasteiger partial charge on any atom is 0.145 e. The van der Waals surface area contributed by atoms with Crippen molar-refractivity contribution in [3.8, 4) is 22.6 Å². The summed E-state index contributed by atoms with van der Waals surface area (Å²) in [5.41, 5.74) is 8.10. The number of hydrogen-bond acceptors (Lipinski definition) is 1. The molecule has 3 aromatic heterocycles. The van der Waals surface area contributed by atoms with Crippen LogP contribution in [0.5, 0.6) is 0 Å². The molecule has 3 heterocycles. The lowest BCUT2D eigenvalue weighted by Gasteiger charge is -2.14. The van der Waals surface area contributed by atoms with E-state index >= 15 is 0 Å². The number of pyridine rings is 1. The lowest BCUT2D eigenvalue weighted by Crippen LogP contribution is -2.02. The van der Waals surface area contributed by atoms with Crippen molar-refractivity contribution < 1.29 is 0 Å². The number of benzene rings is 5. The molecular formula is C35H23N3. The molecule has 8 aromatic rings. The Bertz CT molecular complexity index is 2120. The fourth-order valence-corrected chi connectivity index (χ4v) is 5.98. The molecule has 38 heavy (non-hydrogen) atoms. The summed E-state index contributed by atoms with van der Waals surface area (Å²) in [6, 6.07) is 47.4. The molecule has 0 aliphatic carbocycles. The average molecular weight is 486 g/mol. The van der Waals surface area contributed by atoms with Gasteiger partial charge in [0.05, 0.1) is 22.1 Å². The Morgan fingerprint density at radius 3 is 1.66 bits per heavy atom. The molecular weight excluding hydrogens is 462 g/mol. The van der Waals surface area contributed by atoms with Crippen molar-refractivity contribution in [2.24, 2.45) is 0 Å². The van der Waals surface area contributed by atoms with Gasteiger partial charge < -0.3 is 4.57 Å². The number of para-hydroxylation sites is 3. The first-order chi connectivity index (χ1) is 18.9. The third kappa shape index (κ3) is 2.93. The minimum absolute atomic E-state index is 0.933. The second kappa shape index (κ2) is 8.19. The van der Waals surface area contributed by atoms with Crippen molar-refractivity contribution in [3.63, 3.8) is 0 Å². The highest BCUT2D eigenvalue weighted by molar-refractivity contribution is 6.23. The van der Waals surface area contributed by atoms with E-state index in [1.807, 2.05) is 12.3 Å². The second-order valence-corrected chi connectivity index (χ2v) is 9.64. The molecule has 0 bridgehead atoms. The summed E-state index contributed by atoms with van der Waals surface area (Å²) >= 11 is 0. The van der Waals surface area contributed by atoms with Crippen LogP contribution in [0.25, 0.3) is 66.2 Å². The van der Waals surface area contributed by atoms with Crippen LogP contribution < -0.4 is 0 Å². The van der Waals surface area contributed by atoms with Crippen molar-refractivity contribution in [2.45, 2.75) is 0 Å². The van der Waals surface area contributed by atoms with Gasteiger partial charge in [-0.15, -0.1) is 0 Å². The van der Waals surface area contributed by atoms with Gasteiger partial charge in [-0.1, -0.05) is 97.1 Å². The smallest absolute Gasteiger partial charge is 0.145 e. The van der Waals surface area contributed by atoms with E-state index in [9.17, 15) is 0 Å². The Morgan fingerprint density at radius 1 is 0.421 bits per heavy atom. The number of nitrogens with zero attached hydrogens (tertiary/aromatic N) is 3.